The Bertz CT molecular complexity index is 953. The van der Waals surface area contributed by atoms with Crippen LogP contribution in [-0.4, -0.2) is 74.0 Å². The number of benzene rings is 1. The Morgan fingerprint density at radius 2 is 1.66 bits per heavy atom. The third-order valence-corrected chi connectivity index (χ3v) is 8.77. The van der Waals surface area contributed by atoms with E-state index in [2.05, 4.69) is 0 Å². The van der Waals surface area contributed by atoms with Crippen LogP contribution in [0.15, 0.2) is 29.2 Å². The van der Waals surface area contributed by atoms with Crippen molar-refractivity contribution in [1.82, 2.24) is 9.21 Å². The zero-order chi connectivity index (χ0) is 23.0. The lowest BCUT2D eigenvalue weighted by atomic mass is 9.84. The number of morpholine rings is 1. The number of carbonyl (C=O) groups excluding carboxylic acids is 2. The zero-order valence-corrected chi connectivity index (χ0v) is 19.7. The first-order valence-corrected chi connectivity index (χ1v) is 12.8. The number of carbonyl (C=O) groups is 2. The van der Waals surface area contributed by atoms with Crippen molar-refractivity contribution in [2.24, 2.45) is 5.92 Å². The van der Waals surface area contributed by atoms with Gasteiger partial charge in [0.05, 0.1) is 24.2 Å². The van der Waals surface area contributed by atoms with Crippen LogP contribution in [0.2, 0.25) is 0 Å². The van der Waals surface area contributed by atoms with Crippen molar-refractivity contribution in [3.63, 3.8) is 0 Å². The van der Waals surface area contributed by atoms with Crippen LogP contribution in [0.4, 0.5) is 0 Å². The van der Waals surface area contributed by atoms with Gasteiger partial charge in [-0.05, 0) is 63.3 Å². The molecule has 3 aliphatic rings. The monoisotopic (exact) mass is 464 g/mol. The Balaban J connectivity index is 1.56. The SMILES string of the molecule is COC(=O)[C@@H]1C[C@@H]2CCCC[C@@H]2N1C(=O)c1ccc(S(=O)(=O)N2C[C@@H](C)O[C@H](C)C2)cc1. The summed E-state index contributed by atoms with van der Waals surface area (Å²) in [6, 6.07) is 5.50. The van der Waals surface area contributed by atoms with Crippen LogP contribution in [0.5, 0.6) is 0 Å². The molecule has 1 aliphatic carbocycles. The number of amides is 1. The van der Waals surface area contributed by atoms with Crippen LogP contribution >= 0.6 is 0 Å². The molecule has 0 unspecified atom stereocenters. The van der Waals surface area contributed by atoms with Gasteiger partial charge < -0.3 is 14.4 Å². The van der Waals surface area contributed by atoms with Gasteiger partial charge in [-0.1, -0.05) is 12.8 Å². The van der Waals surface area contributed by atoms with Gasteiger partial charge in [0.25, 0.3) is 5.91 Å². The number of hydrogen-bond acceptors (Lipinski definition) is 6. The number of esters is 1. The van der Waals surface area contributed by atoms with E-state index in [0.717, 1.165) is 25.7 Å². The average molecular weight is 465 g/mol. The molecule has 2 saturated heterocycles. The molecule has 1 aromatic rings. The molecule has 176 valence electrons. The largest absolute Gasteiger partial charge is 0.467 e. The summed E-state index contributed by atoms with van der Waals surface area (Å²) in [4.78, 5) is 27.7. The van der Waals surface area contributed by atoms with Crippen molar-refractivity contribution < 1.29 is 27.5 Å². The van der Waals surface area contributed by atoms with Gasteiger partial charge in [0, 0.05) is 24.7 Å². The molecule has 5 atom stereocenters. The molecule has 2 heterocycles. The van der Waals surface area contributed by atoms with Crippen molar-refractivity contribution in [2.75, 3.05) is 20.2 Å². The number of methoxy groups -OCH3 is 1. The Hall–Kier alpha value is -1.97. The van der Waals surface area contributed by atoms with Gasteiger partial charge in [0.2, 0.25) is 10.0 Å². The molecule has 1 aromatic carbocycles. The predicted octanol–water partition coefficient (Wildman–Crippen LogP) is 2.43. The summed E-state index contributed by atoms with van der Waals surface area (Å²) in [6.45, 7) is 4.30. The molecule has 3 fully saturated rings. The van der Waals surface area contributed by atoms with E-state index in [1.807, 2.05) is 13.8 Å². The molecule has 8 nitrogen and oxygen atoms in total. The Kier molecular flexibility index (Phi) is 6.61. The van der Waals surface area contributed by atoms with Crippen molar-refractivity contribution >= 4 is 21.9 Å². The van der Waals surface area contributed by atoms with Crippen molar-refractivity contribution in [3.05, 3.63) is 29.8 Å². The molecule has 0 spiro atoms. The number of nitrogens with zero attached hydrogens (tertiary/aromatic N) is 2. The maximum absolute atomic E-state index is 13.4. The van der Waals surface area contributed by atoms with Crippen LogP contribution in [0.25, 0.3) is 0 Å². The number of fused-ring (bicyclic) bond motifs is 1. The summed E-state index contributed by atoms with van der Waals surface area (Å²) in [7, 11) is -2.34. The average Bonchev–Trinajstić information content (AvgIpc) is 3.17. The normalized spacial score (nSPS) is 31.2. The molecule has 2 aliphatic heterocycles. The fourth-order valence-corrected chi connectivity index (χ4v) is 7.08. The van der Waals surface area contributed by atoms with Gasteiger partial charge in [0.1, 0.15) is 6.04 Å². The van der Waals surface area contributed by atoms with Crippen LogP contribution in [0.1, 0.15) is 56.3 Å². The fraction of sp³-hybridized carbons (Fsp3) is 0.652. The summed E-state index contributed by atoms with van der Waals surface area (Å²) >= 11 is 0. The van der Waals surface area contributed by atoms with E-state index in [0.29, 0.717) is 31.0 Å². The Morgan fingerprint density at radius 1 is 1.03 bits per heavy atom. The molecule has 1 saturated carbocycles. The molecule has 32 heavy (non-hydrogen) atoms. The van der Waals surface area contributed by atoms with E-state index < -0.39 is 16.1 Å². The van der Waals surface area contributed by atoms with Crippen LogP contribution in [0, 0.1) is 5.92 Å². The van der Waals surface area contributed by atoms with E-state index in [-0.39, 0.29) is 35.0 Å². The lowest BCUT2D eigenvalue weighted by molar-refractivity contribution is -0.145. The van der Waals surface area contributed by atoms with Gasteiger partial charge in [-0.25, -0.2) is 13.2 Å². The van der Waals surface area contributed by atoms with Crippen molar-refractivity contribution in [2.45, 2.75) is 75.1 Å². The maximum atomic E-state index is 13.4. The molecule has 4 rings (SSSR count). The first-order valence-electron chi connectivity index (χ1n) is 11.4. The summed E-state index contributed by atoms with van der Waals surface area (Å²) in [5, 5.41) is 0. The zero-order valence-electron chi connectivity index (χ0n) is 18.9. The highest BCUT2D eigenvalue weighted by molar-refractivity contribution is 7.89. The summed E-state index contributed by atoms with van der Waals surface area (Å²) in [6.07, 6.45) is 4.31. The van der Waals surface area contributed by atoms with Crippen LogP contribution < -0.4 is 0 Å². The van der Waals surface area contributed by atoms with Gasteiger partial charge in [-0.2, -0.15) is 4.31 Å². The van der Waals surface area contributed by atoms with E-state index >= 15 is 0 Å². The van der Waals surface area contributed by atoms with Crippen molar-refractivity contribution in [3.8, 4) is 0 Å². The highest BCUT2D eigenvalue weighted by atomic mass is 32.2. The van der Waals surface area contributed by atoms with Gasteiger partial charge in [-0.15, -0.1) is 0 Å². The second-order valence-electron chi connectivity index (χ2n) is 9.20. The van der Waals surface area contributed by atoms with Gasteiger partial charge in [-0.3, -0.25) is 4.79 Å². The molecule has 0 bridgehead atoms. The fourth-order valence-electron chi connectivity index (χ4n) is 5.49. The summed E-state index contributed by atoms with van der Waals surface area (Å²) < 4.78 is 38.2. The minimum atomic E-state index is -3.68. The third-order valence-electron chi connectivity index (χ3n) is 6.92. The molecule has 0 N–H and O–H groups in total. The standard InChI is InChI=1S/C23H32N2O6S/c1-15-13-24(14-16(2)31-15)32(28,29)19-10-8-17(9-11-19)22(26)25-20-7-5-4-6-18(20)12-21(25)23(27)30-3/h8-11,15-16,18,20-21H,4-7,12-14H2,1-3H3/t15-,16-,18+,20+,21+/m1/s1. The second-order valence-corrected chi connectivity index (χ2v) is 11.1. The van der Waals surface area contributed by atoms with Gasteiger partial charge in [0.15, 0.2) is 0 Å². The van der Waals surface area contributed by atoms with E-state index in [9.17, 15) is 18.0 Å². The molecule has 9 heteroatoms. The summed E-state index contributed by atoms with van der Waals surface area (Å²) in [5.41, 5.74) is 0.382. The molecule has 0 aromatic heterocycles. The predicted molar refractivity (Wildman–Crippen MR) is 118 cm³/mol. The number of hydrogen-bond donors (Lipinski definition) is 0. The first-order chi connectivity index (χ1) is 15.2. The minimum absolute atomic E-state index is 0.0279. The quantitative estimate of drug-likeness (QED) is 0.636. The minimum Gasteiger partial charge on any atom is -0.467 e. The Morgan fingerprint density at radius 3 is 2.28 bits per heavy atom. The highest BCUT2D eigenvalue weighted by Gasteiger charge is 2.48. The number of rotatable bonds is 4. The summed E-state index contributed by atoms with van der Waals surface area (Å²) in [5.74, 6) is -0.323. The van der Waals surface area contributed by atoms with Crippen LogP contribution in [0.3, 0.4) is 0 Å². The molecule has 0 radical (unpaired) electrons. The smallest absolute Gasteiger partial charge is 0.328 e. The lowest BCUT2D eigenvalue weighted by Crippen LogP contribution is -2.48. The van der Waals surface area contributed by atoms with Gasteiger partial charge >= 0.3 is 5.97 Å². The topological polar surface area (TPSA) is 93.2 Å². The van der Waals surface area contributed by atoms with Crippen molar-refractivity contribution in [1.29, 1.82) is 0 Å². The third kappa shape index (κ3) is 4.30. The lowest BCUT2D eigenvalue weighted by Gasteiger charge is -2.34. The number of likely N-dealkylation sites (tertiary alicyclic amines) is 1. The first kappa shape index (κ1) is 23.2. The van der Waals surface area contributed by atoms with E-state index in [4.69, 9.17) is 9.47 Å². The number of ether oxygens (including phenoxy) is 2. The molecule has 1 amide bonds. The molecular formula is C23H32N2O6S. The van der Waals surface area contributed by atoms with E-state index in [1.54, 1.807) is 17.0 Å². The highest BCUT2D eigenvalue weighted by Crippen LogP contribution is 2.41. The maximum Gasteiger partial charge on any atom is 0.328 e. The van der Waals surface area contributed by atoms with E-state index in [1.165, 1.54) is 23.5 Å². The molecular weight excluding hydrogens is 432 g/mol. The Labute approximate surface area is 189 Å². The second kappa shape index (κ2) is 9.11. The number of sulfonamides is 1. The van der Waals surface area contributed by atoms with Crippen LogP contribution in [-0.2, 0) is 24.3 Å².